The van der Waals surface area contributed by atoms with Crippen LogP contribution in [0.3, 0.4) is 0 Å². The van der Waals surface area contributed by atoms with Crippen LogP contribution in [0.15, 0.2) is 59.8 Å². The molecule has 0 aliphatic carbocycles. The van der Waals surface area contributed by atoms with E-state index in [1.54, 1.807) is 7.11 Å². The van der Waals surface area contributed by atoms with E-state index >= 15 is 0 Å². The van der Waals surface area contributed by atoms with Crippen LogP contribution < -0.4 is 4.74 Å². The summed E-state index contributed by atoms with van der Waals surface area (Å²) in [5, 5.41) is 9.26. The van der Waals surface area contributed by atoms with Crippen LogP contribution in [0.5, 0.6) is 5.75 Å². The zero-order chi connectivity index (χ0) is 18.4. The lowest BCUT2D eigenvalue weighted by Gasteiger charge is -2.11. The van der Waals surface area contributed by atoms with Crippen molar-refractivity contribution in [2.75, 3.05) is 20.0 Å². The van der Waals surface area contributed by atoms with E-state index in [1.165, 1.54) is 18.9 Å². The summed E-state index contributed by atoms with van der Waals surface area (Å²) in [5.74, 6) is 1.45. The van der Waals surface area contributed by atoms with Gasteiger partial charge >= 0.3 is 5.97 Å². The van der Waals surface area contributed by atoms with Crippen molar-refractivity contribution in [1.82, 2.24) is 14.8 Å². The second-order valence-corrected chi connectivity index (χ2v) is 6.40. The molecular weight excluding hydrogens is 350 g/mol. The molecule has 0 amide bonds. The van der Waals surface area contributed by atoms with Crippen LogP contribution in [0.2, 0.25) is 0 Å². The normalized spacial score (nSPS) is 10.5. The van der Waals surface area contributed by atoms with Crippen molar-refractivity contribution in [2.45, 2.75) is 11.6 Å². The number of esters is 1. The number of hydrogen-bond donors (Lipinski definition) is 0. The first-order chi connectivity index (χ1) is 12.7. The van der Waals surface area contributed by atoms with Gasteiger partial charge in [0, 0.05) is 12.1 Å². The molecule has 1 heterocycles. The highest BCUT2D eigenvalue weighted by molar-refractivity contribution is 7.99. The number of methoxy groups -OCH3 is 2. The Morgan fingerprint density at radius 1 is 1.04 bits per heavy atom. The van der Waals surface area contributed by atoms with E-state index in [-0.39, 0.29) is 11.7 Å². The van der Waals surface area contributed by atoms with Crippen molar-refractivity contribution in [2.24, 2.45) is 0 Å². The van der Waals surface area contributed by atoms with Gasteiger partial charge in [0.2, 0.25) is 0 Å². The Labute approximate surface area is 156 Å². The summed E-state index contributed by atoms with van der Waals surface area (Å²) in [6, 6.07) is 17.7. The van der Waals surface area contributed by atoms with Gasteiger partial charge in [-0.05, 0) is 29.8 Å². The molecule has 3 aromatic rings. The molecule has 0 fully saturated rings. The fraction of sp³-hybridized carbons (Fsp3) is 0.211. The van der Waals surface area contributed by atoms with Gasteiger partial charge in [0.25, 0.3) is 0 Å². The molecule has 0 atom stereocenters. The van der Waals surface area contributed by atoms with Gasteiger partial charge < -0.3 is 9.47 Å². The Morgan fingerprint density at radius 3 is 2.42 bits per heavy atom. The summed E-state index contributed by atoms with van der Waals surface area (Å²) in [6.07, 6.45) is 0.638. The number of hydrogen-bond acceptors (Lipinski definition) is 6. The molecule has 6 nitrogen and oxygen atoms in total. The number of nitrogens with zero attached hydrogens (tertiary/aromatic N) is 3. The zero-order valence-electron chi connectivity index (χ0n) is 14.6. The van der Waals surface area contributed by atoms with Gasteiger partial charge in [0.1, 0.15) is 11.6 Å². The van der Waals surface area contributed by atoms with Crippen molar-refractivity contribution < 1.29 is 14.3 Å². The third kappa shape index (κ3) is 4.23. The van der Waals surface area contributed by atoms with E-state index < -0.39 is 0 Å². The molecule has 3 rings (SSSR count). The number of carbonyl (C=O) groups is 1. The summed E-state index contributed by atoms with van der Waals surface area (Å²) < 4.78 is 11.9. The largest absolute Gasteiger partial charge is 0.497 e. The Hall–Kier alpha value is -2.80. The molecule has 0 unspecified atom stereocenters. The average molecular weight is 369 g/mol. The van der Waals surface area contributed by atoms with E-state index in [1.807, 2.05) is 59.2 Å². The number of carbonyl (C=O) groups excluding carboxylic acids is 1. The third-order valence-electron chi connectivity index (χ3n) is 3.78. The Balaban J connectivity index is 1.95. The summed E-state index contributed by atoms with van der Waals surface area (Å²) >= 11 is 1.30. The minimum absolute atomic E-state index is 0.177. The van der Waals surface area contributed by atoms with Gasteiger partial charge in [0.05, 0.1) is 20.0 Å². The first-order valence-electron chi connectivity index (χ1n) is 8.03. The first-order valence-corrected chi connectivity index (χ1v) is 9.02. The molecular formula is C19H19N3O3S. The molecule has 0 saturated heterocycles. The standard InChI is InChI=1S/C19H19N3O3S/c1-24-16-10-8-15(9-11-16)22-17(12-14-6-4-3-5-7-14)20-21-19(22)26-13-18(23)25-2/h3-11H,12-13H2,1-2H3. The van der Waals surface area contributed by atoms with Gasteiger partial charge in [-0.1, -0.05) is 42.1 Å². The van der Waals surface area contributed by atoms with Crippen molar-refractivity contribution in [1.29, 1.82) is 0 Å². The van der Waals surface area contributed by atoms with E-state index in [9.17, 15) is 4.79 Å². The van der Waals surface area contributed by atoms with Crippen molar-refractivity contribution in [3.63, 3.8) is 0 Å². The highest BCUT2D eigenvalue weighted by Gasteiger charge is 2.16. The maximum absolute atomic E-state index is 11.5. The fourth-order valence-electron chi connectivity index (χ4n) is 2.46. The molecule has 0 saturated carbocycles. The quantitative estimate of drug-likeness (QED) is 0.471. The monoisotopic (exact) mass is 369 g/mol. The van der Waals surface area contributed by atoms with Crippen LogP contribution >= 0.6 is 11.8 Å². The second kappa shape index (κ2) is 8.53. The van der Waals surface area contributed by atoms with Crippen LogP contribution in [-0.4, -0.2) is 40.7 Å². The van der Waals surface area contributed by atoms with Crippen molar-refractivity contribution >= 4 is 17.7 Å². The lowest BCUT2D eigenvalue weighted by molar-refractivity contribution is -0.137. The topological polar surface area (TPSA) is 66.2 Å². The van der Waals surface area contributed by atoms with Crippen LogP contribution in [0, 0.1) is 0 Å². The number of benzene rings is 2. The summed E-state index contributed by atoms with van der Waals surface area (Å²) in [4.78, 5) is 11.5. The van der Waals surface area contributed by atoms with E-state index in [2.05, 4.69) is 10.2 Å². The lowest BCUT2D eigenvalue weighted by atomic mass is 10.1. The maximum atomic E-state index is 11.5. The van der Waals surface area contributed by atoms with Gasteiger partial charge in [-0.3, -0.25) is 9.36 Å². The van der Waals surface area contributed by atoms with Crippen molar-refractivity contribution in [3.8, 4) is 11.4 Å². The molecule has 2 aromatic carbocycles. The van der Waals surface area contributed by atoms with Crippen molar-refractivity contribution in [3.05, 3.63) is 66.0 Å². The van der Waals surface area contributed by atoms with Gasteiger partial charge in [-0.15, -0.1) is 10.2 Å². The molecule has 26 heavy (non-hydrogen) atoms. The molecule has 134 valence electrons. The van der Waals surface area contributed by atoms with Gasteiger partial charge in [-0.25, -0.2) is 0 Å². The lowest BCUT2D eigenvalue weighted by Crippen LogP contribution is -2.07. The minimum Gasteiger partial charge on any atom is -0.497 e. The average Bonchev–Trinajstić information content (AvgIpc) is 3.09. The van der Waals surface area contributed by atoms with Gasteiger partial charge in [-0.2, -0.15) is 0 Å². The molecule has 0 aliphatic heterocycles. The van der Waals surface area contributed by atoms with E-state index in [4.69, 9.17) is 9.47 Å². The Bertz CT molecular complexity index is 863. The van der Waals surface area contributed by atoms with Crippen LogP contribution in [-0.2, 0) is 16.0 Å². The SMILES string of the molecule is COC(=O)CSc1nnc(Cc2ccccc2)n1-c1ccc(OC)cc1. The van der Waals surface area contributed by atoms with Crippen LogP contribution in [0.1, 0.15) is 11.4 Å². The molecule has 0 aliphatic rings. The molecule has 0 radical (unpaired) electrons. The zero-order valence-corrected chi connectivity index (χ0v) is 15.4. The fourth-order valence-corrected chi connectivity index (χ4v) is 3.26. The Kier molecular flexibility index (Phi) is 5.91. The second-order valence-electron chi connectivity index (χ2n) is 5.46. The number of thioether (sulfide) groups is 1. The molecule has 0 bridgehead atoms. The highest BCUT2D eigenvalue weighted by Crippen LogP contribution is 2.25. The summed E-state index contributed by atoms with van der Waals surface area (Å²) in [5.41, 5.74) is 2.05. The minimum atomic E-state index is -0.302. The predicted octanol–water partition coefficient (Wildman–Crippen LogP) is 3.13. The molecule has 7 heteroatoms. The third-order valence-corrected chi connectivity index (χ3v) is 4.69. The number of aromatic nitrogens is 3. The highest BCUT2D eigenvalue weighted by atomic mass is 32.2. The Morgan fingerprint density at radius 2 is 1.77 bits per heavy atom. The number of rotatable bonds is 7. The molecule has 0 N–H and O–H groups in total. The predicted molar refractivity (Wildman–Crippen MR) is 99.9 cm³/mol. The van der Waals surface area contributed by atoms with E-state index in [0.29, 0.717) is 11.6 Å². The summed E-state index contributed by atoms with van der Waals surface area (Å²) in [6.45, 7) is 0. The van der Waals surface area contributed by atoms with Crippen LogP contribution in [0.25, 0.3) is 5.69 Å². The van der Waals surface area contributed by atoms with Gasteiger partial charge in [0.15, 0.2) is 5.16 Å². The van der Waals surface area contributed by atoms with Crippen LogP contribution in [0.4, 0.5) is 0 Å². The smallest absolute Gasteiger partial charge is 0.316 e. The summed E-state index contributed by atoms with van der Waals surface area (Å²) in [7, 11) is 3.00. The molecule has 1 aromatic heterocycles. The number of ether oxygens (including phenoxy) is 2. The maximum Gasteiger partial charge on any atom is 0.316 e. The molecule has 0 spiro atoms. The first kappa shape index (κ1) is 18.0. The van der Waals surface area contributed by atoms with E-state index in [0.717, 1.165) is 22.8 Å².